The lowest BCUT2D eigenvalue weighted by Gasteiger charge is -2.10. The fraction of sp³-hybridized carbons (Fsp3) is 0.211. The molecule has 0 radical (unpaired) electrons. The molecule has 1 aromatic carbocycles. The Balaban J connectivity index is 2.10. The number of carbonyl (C=O) groups is 2. The van der Waals surface area contributed by atoms with Crippen molar-refractivity contribution < 1.29 is 14.3 Å². The van der Waals surface area contributed by atoms with Gasteiger partial charge in [-0.2, -0.15) is 5.26 Å². The van der Waals surface area contributed by atoms with Gasteiger partial charge < -0.3 is 15.4 Å². The number of esters is 1. The molecule has 1 amide bonds. The minimum Gasteiger partial charge on any atom is -0.462 e. The number of aromatic nitrogens is 2. The number of para-hydroxylation sites is 1. The molecule has 0 spiro atoms. The highest BCUT2D eigenvalue weighted by molar-refractivity contribution is 6.09. The molecule has 0 unspecified atom stereocenters. The topological polar surface area (TPSA) is 117 Å². The fourth-order valence-electron chi connectivity index (χ4n) is 2.01. The van der Waals surface area contributed by atoms with Crippen molar-refractivity contribution in [3.05, 3.63) is 60.1 Å². The standard InChI is InChI=1S/C19H19N5O3/c1-2-3-11-27-18(26)15-7-4-5-8-16(15)24-17(25)14(12-20)13-23-19-21-9-6-10-22-19/h4-10,13H,2-3,11H2,1H3,(H,24,25)(H,21,22,23)/b14-13-. The van der Waals surface area contributed by atoms with Gasteiger partial charge in [0, 0.05) is 18.6 Å². The molecule has 8 heteroatoms. The zero-order valence-corrected chi connectivity index (χ0v) is 14.8. The van der Waals surface area contributed by atoms with Gasteiger partial charge in [0.15, 0.2) is 0 Å². The normalized spacial score (nSPS) is 10.6. The van der Waals surface area contributed by atoms with Crippen LogP contribution in [0.1, 0.15) is 30.1 Å². The summed E-state index contributed by atoms with van der Waals surface area (Å²) in [5.74, 6) is -0.953. The van der Waals surface area contributed by atoms with Crippen molar-refractivity contribution in [3.8, 4) is 6.07 Å². The molecule has 1 heterocycles. The highest BCUT2D eigenvalue weighted by Crippen LogP contribution is 2.17. The molecule has 138 valence electrons. The van der Waals surface area contributed by atoms with Crippen molar-refractivity contribution in [2.24, 2.45) is 0 Å². The van der Waals surface area contributed by atoms with Crippen LogP contribution < -0.4 is 10.6 Å². The van der Waals surface area contributed by atoms with E-state index in [2.05, 4.69) is 20.6 Å². The maximum Gasteiger partial charge on any atom is 0.340 e. The van der Waals surface area contributed by atoms with Gasteiger partial charge in [-0.25, -0.2) is 14.8 Å². The Bertz CT molecular complexity index is 859. The van der Waals surface area contributed by atoms with Gasteiger partial charge >= 0.3 is 5.97 Å². The van der Waals surface area contributed by atoms with Crippen molar-refractivity contribution in [3.63, 3.8) is 0 Å². The molecule has 0 aliphatic carbocycles. The van der Waals surface area contributed by atoms with E-state index < -0.39 is 11.9 Å². The maximum absolute atomic E-state index is 12.4. The lowest BCUT2D eigenvalue weighted by atomic mass is 10.1. The zero-order chi connectivity index (χ0) is 19.5. The van der Waals surface area contributed by atoms with Gasteiger partial charge in [-0.05, 0) is 24.6 Å². The third-order valence-corrected chi connectivity index (χ3v) is 3.40. The first kappa shape index (κ1) is 19.6. The van der Waals surface area contributed by atoms with E-state index >= 15 is 0 Å². The van der Waals surface area contributed by atoms with Crippen molar-refractivity contribution in [2.75, 3.05) is 17.2 Å². The number of unbranched alkanes of at least 4 members (excludes halogenated alkanes) is 1. The zero-order valence-electron chi connectivity index (χ0n) is 14.8. The number of rotatable bonds is 8. The van der Waals surface area contributed by atoms with Gasteiger partial charge in [-0.3, -0.25) is 4.79 Å². The van der Waals surface area contributed by atoms with Gasteiger partial charge in [-0.15, -0.1) is 0 Å². The van der Waals surface area contributed by atoms with Crippen molar-refractivity contribution in [1.82, 2.24) is 9.97 Å². The molecule has 0 aliphatic heterocycles. The number of carbonyl (C=O) groups excluding carboxylic acids is 2. The summed E-state index contributed by atoms with van der Waals surface area (Å²) in [4.78, 5) is 32.4. The molecule has 0 saturated carbocycles. The summed E-state index contributed by atoms with van der Waals surface area (Å²) in [7, 11) is 0. The number of nitrogens with one attached hydrogen (secondary N) is 2. The lowest BCUT2D eigenvalue weighted by Crippen LogP contribution is -2.18. The highest BCUT2D eigenvalue weighted by Gasteiger charge is 2.16. The summed E-state index contributed by atoms with van der Waals surface area (Å²) >= 11 is 0. The van der Waals surface area contributed by atoms with Crippen LogP contribution in [-0.2, 0) is 9.53 Å². The largest absolute Gasteiger partial charge is 0.462 e. The SMILES string of the molecule is CCCCOC(=O)c1ccccc1NC(=O)/C(C#N)=C\Nc1ncccn1. The number of hydrogen-bond donors (Lipinski definition) is 2. The molecule has 2 rings (SSSR count). The summed E-state index contributed by atoms with van der Waals surface area (Å²) in [5.41, 5.74) is 0.288. The van der Waals surface area contributed by atoms with Crippen LogP contribution >= 0.6 is 0 Å². The first-order valence-corrected chi connectivity index (χ1v) is 8.37. The predicted molar refractivity (Wildman–Crippen MR) is 99.6 cm³/mol. The van der Waals surface area contributed by atoms with Gasteiger partial charge in [0.1, 0.15) is 11.6 Å². The number of benzene rings is 1. The lowest BCUT2D eigenvalue weighted by molar-refractivity contribution is -0.112. The van der Waals surface area contributed by atoms with E-state index in [1.54, 1.807) is 36.4 Å². The number of ether oxygens (including phenoxy) is 1. The van der Waals surface area contributed by atoms with Crippen molar-refractivity contribution >= 4 is 23.5 Å². The molecule has 27 heavy (non-hydrogen) atoms. The van der Waals surface area contributed by atoms with Crippen LogP contribution in [0.5, 0.6) is 0 Å². The Labute approximate surface area is 156 Å². The monoisotopic (exact) mass is 365 g/mol. The maximum atomic E-state index is 12.4. The average molecular weight is 365 g/mol. The van der Waals surface area contributed by atoms with Gasteiger partial charge in [0.2, 0.25) is 5.95 Å². The number of amides is 1. The Kier molecular flexibility index (Phi) is 7.48. The third kappa shape index (κ3) is 5.93. The molecular formula is C19H19N5O3. The predicted octanol–water partition coefficient (Wildman–Crippen LogP) is 2.89. The van der Waals surface area contributed by atoms with Crippen LogP contribution in [0.3, 0.4) is 0 Å². The highest BCUT2D eigenvalue weighted by atomic mass is 16.5. The first-order valence-electron chi connectivity index (χ1n) is 8.37. The van der Waals surface area contributed by atoms with Crippen LogP contribution in [0, 0.1) is 11.3 Å². The van der Waals surface area contributed by atoms with E-state index in [1.807, 2.05) is 6.92 Å². The summed E-state index contributed by atoms with van der Waals surface area (Å²) < 4.78 is 5.18. The summed E-state index contributed by atoms with van der Waals surface area (Å²) in [6.45, 7) is 2.30. The molecule has 0 saturated heterocycles. The van der Waals surface area contributed by atoms with E-state index in [4.69, 9.17) is 4.74 Å². The van der Waals surface area contributed by atoms with Crippen molar-refractivity contribution in [2.45, 2.75) is 19.8 Å². The second-order valence-corrected chi connectivity index (χ2v) is 5.38. The van der Waals surface area contributed by atoms with Gasteiger partial charge in [0.25, 0.3) is 5.91 Å². The molecule has 0 atom stereocenters. The van der Waals surface area contributed by atoms with E-state index in [-0.39, 0.29) is 22.8 Å². The van der Waals surface area contributed by atoms with Gasteiger partial charge in [0.05, 0.1) is 17.9 Å². The Morgan fingerprint density at radius 2 is 1.96 bits per heavy atom. The Hall–Kier alpha value is -3.73. The second-order valence-electron chi connectivity index (χ2n) is 5.38. The molecule has 2 aromatic rings. The summed E-state index contributed by atoms with van der Waals surface area (Å²) in [5, 5.41) is 14.5. The minimum absolute atomic E-state index is 0.198. The minimum atomic E-state index is -0.672. The molecule has 1 aromatic heterocycles. The van der Waals surface area contributed by atoms with E-state index in [0.717, 1.165) is 12.8 Å². The Morgan fingerprint density at radius 1 is 1.22 bits per heavy atom. The number of nitrogens with zero attached hydrogens (tertiary/aromatic N) is 3. The molecule has 0 bridgehead atoms. The van der Waals surface area contributed by atoms with Crippen LogP contribution in [0.15, 0.2) is 54.5 Å². The summed E-state index contributed by atoms with van der Waals surface area (Å²) in [6.07, 6.45) is 5.91. The van der Waals surface area contributed by atoms with Crippen LogP contribution in [0.4, 0.5) is 11.6 Å². The number of hydrogen-bond acceptors (Lipinski definition) is 7. The van der Waals surface area contributed by atoms with E-state index in [1.165, 1.54) is 18.6 Å². The third-order valence-electron chi connectivity index (χ3n) is 3.40. The molecule has 0 fully saturated rings. The van der Waals surface area contributed by atoms with Crippen LogP contribution in [-0.4, -0.2) is 28.5 Å². The Morgan fingerprint density at radius 3 is 2.67 bits per heavy atom. The number of nitriles is 1. The fourth-order valence-corrected chi connectivity index (χ4v) is 2.01. The first-order chi connectivity index (χ1) is 13.2. The van der Waals surface area contributed by atoms with E-state index in [9.17, 15) is 14.9 Å². The van der Waals surface area contributed by atoms with E-state index in [0.29, 0.717) is 6.61 Å². The smallest absolute Gasteiger partial charge is 0.340 e. The summed E-state index contributed by atoms with van der Waals surface area (Å²) in [6, 6.07) is 9.90. The number of anilines is 2. The van der Waals surface area contributed by atoms with Crippen LogP contribution in [0.25, 0.3) is 0 Å². The van der Waals surface area contributed by atoms with Crippen molar-refractivity contribution in [1.29, 1.82) is 5.26 Å². The molecule has 2 N–H and O–H groups in total. The average Bonchev–Trinajstić information content (AvgIpc) is 2.70. The molecule has 8 nitrogen and oxygen atoms in total. The molecule has 0 aliphatic rings. The quantitative estimate of drug-likeness (QED) is 0.320. The van der Waals surface area contributed by atoms with Gasteiger partial charge in [-0.1, -0.05) is 25.5 Å². The second kappa shape index (κ2) is 10.3. The molecular weight excluding hydrogens is 346 g/mol. The van der Waals surface area contributed by atoms with Crippen LogP contribution in [0.2, 0.25) is 0 Å².